The van der Waals surface area contributed by atoms with Gasteiger partial charge >= 0.3 is 6.16 Å². The molecule has 0 N–H and O–H groups in total. The minimum Gasteiger partial charge on any atom is -0.429 e. The van der Waals surface area contributed by atoms with Crippen molar-refractivity contribution < 1.29 is 14.3 Å². The number of ether oxygens (including phenoxy) is 2. The first-order valence-corrected chi connectivity index (χ1v) is 6.00. The Kier molecular flexibility index (Phi) is 4.95. The van der Waals surface area contributed by atoms with E-state index in [1.54, 1.807) is 27.7 Å². The Labute approximate surface area is 108 Å². The van der Waals surface area contributed by atoms with Crippen LogP contribution in [0.2, 0.25) is 0 Å². The molecule has 18 heavy (non-hydrogen) atoms. The normalized spacial score (nSPS) is 13.3. The first-order valence-electron chi connectivity index (χ1n) is 6.00. The molecule has 1 atom stereocenters. The Bertz CT molecular complexity index is 401. The molecule has 0 amide bonds. The van der Waals surface area contributed by atoms with E-state index in [1.165, 1.54) is 0 Å². The lowest BCUT2D eigenvalue weighted by Gasteiger charge is -2.20. The molecule has 0 spiro atoms. The number of hydrogen-bond donors (Lipinski definition) is 0. The average molecular weight is 248 g/mol. The molecule has 0 saturated carbocycles. The van der Waals surface area contributed by atoms with Crippen LogP contribution in [0.15, 0.2) is 36.4 Å². The van der Waals surface area contributed by atoms with Gasteiger partial charge in [-0.15, -0.1) is 0 Å². The highest BCUT2D eigenvalue weighted by molar-refractivity contribution is 5.61. The fourth-order valence-electron chi connectivity index (χ4n) is 1.28. The topological polar surface area (TPSA) is 35.5 Å². The lowest BCUT2D eigenvalue weighted by Crippen LogP contribution is -2.26. The zero-order chi connectivity index (χ0) is 13.6. The van der Waals surface area contributed by atoms with E-state index < -0.39 is 11.8 Å². The number of benzene rings is 1. The molecular formula is C15H20O3. The van der Waals surface area contributed by atoms with Gasteiger partial charge in [0.15, 0.2) is 0 Å². The third kappa shape index (κ3) is 6.09. The Balaban J connectivity index is 2.45. The molecule has 3 nitrogen and oxygen atoms in total. The summed E-state index contributed by atoms with van der Waals surface area (Å²) in [4.78, 5) is 11.4. The van der Waals surface area contributed by atoms with Gasteiger partial charge in [-0.1, -0.05) is 36.4 Å². The molecule has 1 aromatic carbocycles. The second kappa shape index (κ2) is 6.24. The average Bonchev–Trinajstić information content (AvgIpc) is 2.25. The molecule has 0 aliphatic rings. The first kappa shape index (κ1) is 14.3. The van der Waals surface area contributed by atoms with Crippen LogP contribution in [0, 0.1) is 0 Å². The second-order valence-corrected chi connectivity index (χ2v) is 5.06. The van der Waals surface area contributed by atoms with Gasteiger partial charge in [0, 0.05) is 0 Å². The van der Waals surface area contributed by atoms with Crippen LogP contribution < -0.4 is 0 Å². The molecular weight excluding hydrogens is 228 g/mol. The molecule has 0 bridgehead atoms. The van der Waals surface area contributed by atoms with E-state index in [4.69, 9.17) is 9.47 Å². The van der Waals surface area contributed by atoms with E-state index >= 15 is 0 Å². The largest absolute Gasteiger partial charge is 0.509 e. The lowest BCUT2D eigenvalue weighted by atomic mass is 10.2. The molecule has 0 fully saturated rings. The SMILES string of the molecule is C[C@@H](/C=C/c1ccccc1)OC(=O)OC(C)(C)C. The van der Waals surface area contributed by atoms with Gasteiger partial charge in [-0.05, 0) is 39.3 Å². The van der Waals surface area contributed by atoms with Crippen molar-refractivity contribution in [2.45, 2.75) is 39.4 Å². The van der Waals surface area contributed by atoms with Crippen molar-refractivity contribution in [3.63, 3.8) is 0 Å². The smallest absolute Gasteiger partial charge is 0.429 e. The molecule has 0 aliphatic carbocycles. The van der Waals surface area contributed by atoms with Crippen LogP contribution in [-0.4, -0.2) is 17.9 Å². The summed E-state index contributed by atoms with van der Waals surface area (Å²) < 4.78 is 10.2. The number of hydrogen-bond acceptors (Lipinski definition) is 3. The van der Waals surface area contributed by atoms with E-state index in [0.29, 0.717) is 0 Å². The quantitative estimate of drug-likeness (QED) is 0.757. The molecule has 0 aromatic heterocycles. The first-order chi connectivity index (χ1) is 8.37. The highest BCUT2D eigenvalue weighted by atomic mass is 16.7. The summed E-state index contributed by atoms with van der Waals surface area (Å²) in [5.74, 6) is 0. The molecule has 1 aromatic rings. The maximum Gasteiger partial charge on any atom is 0.509 e. The highest BCUT2D eigenvalue weighted by Crippen LogP contribution is 2.10. The van der Waals surface area contributed by atoms with E-state index in [2.05, 4.69) is 0 Å². The van der Waals surface area contributed by atoms with Gasteiger partial charge in [0.05, 0.1) is 0 Å². The summed E-state index contributed by atoms with van der Waals surface area (Å²) in [5.41, 5.74) is 0.539. The van der Waals surface area contributed by atoms with Crippen LogP contribution in [0.1, 0.15) is 33.3 Å². The summed E-state index contributed by atoms with van der Waals surface area (Å²) in [6.07, 6.45) is 2.77. The van der Waals surface area contributed by atoms with Gasteiger partial charge < -0.3 is 9.47 Å². The minimum absolute atomic E-state index is 0.319. The van der Waals surface area contributed by atoms with Gasteiger partial charge in [0.25, 0.3) is 0 Å². The van der Waals surface area contributed by atoms with Crippen molar-refractivity contribution >= 4 is 12.2 Å². The maximum atomic E-state index is 11.4. The molecule has 0 heterocycles. The number of carbonyl (C=O) groups excluding carboxylic acids is 1. The van der Waals surface area contributed by atoms with E-state index in [9.17, 15) is 4.79 Å². The van der Waals surface area contributed by atoms with Crippen molar-refractivity contribution in [2.75, 3.05) is 0 Å². The van der Waals surface area contributed by atoms with Crippen molar-refractivity contribution in [1.29, 1.82) is 0 Å². The Hall–Kier alpha value is -1.77. The van der Waals surface area contributed by atoms with Crippen molar-refractivity contribution in [3.05, 3.63) is 42.0 Å². The summed E-state index contributed by atoms with van der Waals surface area (Å²) in [7, 11) is 0. The van der Waals surface area contributed by atoms with Gasteiger partial charge in [-0.25, -0.2) is 4.79 Å². The van der Waals surface area contributed by atoms with Crippen LogP contribution in [0.4, 0.5) is 4.79 Å². The molecule has 3 heteroatoms. The predicted octanol–water partition coefficient (Wildman–Crippen LogP) is 4.04. The Morgan fingerprint density at radius 2 is 1.83 bits per heavy atom. The number of carbonyl (C=O) groups is 1. The highest BCUT2D eigenvalue weighted by Gasteiger charge is 2.18. The van der Waals surface area contributed by atoms with Crippen LogP contribution in [0.3, 0.4) is 0 Å². The zero-order valence-electron chi connectivity index (χ0n) is 11.3. The van der Waals surface area contributed by atoms with E-state index in [0.717, 1.165) is 5.56 Å². The third-order valence-electron chi connectivity index (χ3n) is 2.03. The molecule has 1 rings (SSSR count). The van der Waals surface area contributed by atoms with E-state index in [-0.39, 0.29) is 6.10 Å². The second-order valence-electron chi connectivity index (χ2n) is 5.06. The standard InChI is InChI=1S/C15H20O3/c1-12(17-14(16)18-15(2,3)4)10-11-13-8-6-5-7-9-13/h5-12H,1-4H3/b11-10+/t12-/m0/s1. The summed E-state index contributed by atoms with van der Waals surface area (Å²) >= 11 is 0. The van der Waals surface area contributed by atoms with Crippen molar-refractivity contribution in [2.24, 2.45) is 0 Å². The molecule has 0 unspecified atom stereocenters. The van der Waals surface area contributed by atoms with Gasteiger partial charge in [0.1, 0.15) is 11.7 Å². The Morgan fingerprint density at radius 1 is 1.22 bits per heavy atom. The predicted molar refractivity (Wildman–Crippen MR) is 72.3 cm³/mol. The van der Waals surface area contributed by atoms with E-state index in [1.807, 2.05) is 42.5 Å². The summed E-state index contributed by atoms with van der Waals surface area (Å²) in [6, 6.07) is 9.84. The van der Waals surface area contributed by atoms with Crippen LogP contribution in [0.25, 0.3) is 6.08 Å². The zero-order valence-corrected chi connectivity index (χ0v) is 11.3. The monoisotopic (exact) mass is 248 g/mol. The fraction of sp³-hybridized carbons (Fsp3) is 0.400. The molecule has 98 valence electrons. The Morgan fingerprint density at radius 3 is 2.39 bits per heavy atom. The van der Waals surface area contributed by atoms with Gasteiger partial charge in [0.2, 0.25) is 0 Å². The molecule has 0 radical (unpaired) electrons. The van der Waals surface area contributed by atoms with Gasteiger partial charge in [-0.3, -0.25) is 0 Å². The van der Waals surface area contributed by atoms with Crippen LogP contribution >= 0.6 is 0 Å². The summed E-state index contributed by atoms with van der Waals surface area (Å²) in [6.45, 7) is 7.21. The van der Waals surface area contributed by atoms with Crippen LogP contribution in [0.5, 0.6) is 0 Å². The lowest BCUT2D eigenvalue weighted by molar-refractivity contribution is -0.0153. The fourth-order valence-corrected chi connectivity index (χ4v) is 1.28. The molecule has 0 saturated heterocycles. The van der Waals surface area contributed by atoms with Crippen LogP contribution in [-0.2, 0) is 9.47 Å². The molecule has 0 aliphatic heterocycles. The third-order valence-corrected chi connectivity index (χ3v) is 2.03. The minimum atomic E-state index is -0.646. The van der Waals surface area contributed by atoms with Crippen molar-refractivity contribution in [1.82, 2.24) is 0 Å². The van der Waals surface area contributed by atoms with Gasteiger partial charge in [-0.2, -0.15) is 0 Å². The number of rotatable bonds is 3. The maximum absolute atomic E-state index is 11.4. The van der Waals surface area contributed by atoms with Crippen molar-refractivity contribution in [3.8, 4) is 0 Å². The summed E-state index contributed by atoms with van der Waals surface area (Å²) in [5, 5.41) is 0.